The van der Waals surface area contributed by atoms with E-state index in [0.29, 0.717) is 5.82 Å². The van der Waals surface area contributed by atoms with Gasteiger partial charge in [0.15, 0.2) is 5.82 Å². The minimum atomic E-state index is 0. The van der Waals surface area contributed by atoms with Crippen LogP contribution in [0.3, 0.4) is 0 Å². The van der Waals surface area contributed by atoms with Crippen molar-refractivity contribution in [3.05, 3.63) is 36.9 Å². The predicted molar refractivity (Wildman–Crippen MR) is 54.1 cm³/mol. The van der Waals surface area contributed by atoms with Gasteiger partial charge in [0, 0.05) is 5.56 Å². The maximum atomic E-state index is 9.05. The fraction of sp³-hybridized carbons (Fsp3) is 0. The third kappa shape index (κ3) is 2.51. The number of aromatic nitrogens is 3. The Bertz CT molecular complexity index is 391. The first-order valence-electron chi connectivity index (χ1n) is 3.77. The molecular formula is C9H8N3NaO. The predicted octanol–water partition coefficient (Wildman–Crippen LogP) is 0.596. The second kappa shape index (κ2) is 5.05. The summed E-state index contributed by atoms with van der Waals surface area (Å²) in [6.45, 7) is 0. The van der Waals surface area contributed by atoms with E-state index in [1.165, 1.54) is 12.7 Å². The van der Waals surface area contributed by atoms with Crippen molar-refractivity contribution in [3.63, 3.8) is 0 Å². The summed E-state index contributed by atoms with van der Waals surface area (Å²) in [5.74, 6) is 0.841. The molecule has 1 heterocycles. The van der Waals surface area contributed by atoms with Crippen LogP contribution in [-0.2, 0) is 0 Å². The third-order valence-corrected chi connectivity index (χ3v) is 1.62. The zero-order valence-electron chi connectivity index (χ0n) is 6.75. The Kier molecular flexibility index (Phi) is 4.00. The number of hydrogen-bond donors (Lipinski definition) is 1. The van der Waals surface area contributed by atoms with Crippen molar-refractivity contribution in [2.45, 2.75) is 0 Å². The van der Waals surface area contributed by atoms with Gasteiger partial charge < -0.3 is 5.11 Å². The molecule has 0 saturated carbocycles. The van der Waals surface area contributed by atoms with E-state index >= 15 is 0 Å². The van der Waals surface area contributed by atoms with Crippen LogP contribution in [0, 0.1) is 0 Å². The fourth-order valence-corrected chi connectivity index (χ4v) is 0.999. The van der Waals surface area contributed by atoms with Gasteiger partial charge in [0.2, 0.25) is 0 Å². The first-order chi connectivity index (χ1) is 6.36. The summed E-state index contributed by atoms with van der Waals surface area (Å²) < 4.78 is 0. The van der Waals surface area contributed by atoms with Gasteiger partial charge in [-0.15, -0.1) is 0 Å². The summed E-state index contributed by atoms with van der Waals surface area (Å²) in [7, 11) is 0. The number of nitrogens with zero attached hydrogens (tertiary/aromatic N) is 3. The molecule has 66 valence electrons. The van der Waals surface area contributed by atoms with E-state index in [2.05, 4.69) is 15.0 Å². The first-order valence-corrected chi connectivity index (χ1v) is 3.77. The molecule has 0 bridgehead atoms. The molecule has 4 nitrogen and oxygen atoms in total. The summed E-state index contributed by atoms with van der Waals surface area (Å²) >= 11 is 0. The van der Waals surface area contributed by atoms with Crippen molar-refractivity contribution in [2.75, 3.05) is 0 Å². The Morgan fingerprint density at radius 3 is 2.07 bits per heavy atom. The number of aromatic hydroxyl groups is 1. The molecule has 2 aromatic rings. The molecule has 2 rings (SSSR count). The molecule has 0 aliphatic carbocycles. The van der Waals surface area contributed by atoms with Crippen molar-refractivity contribution in [2.24, 2.45) is 0 Å². The molecule has 1 aromatic carbocycles. The Morgan fingerprint density at radius 1 is 0.929 bits per heavy atom. The molecule has 0 aliphatic rings. The molecule has 1 aromatic heterocycles. The van der Waals surface area contributed by atoms with E-state index in [-0.39, 0.29) is 35.3 Å². The van der Waals surface area contributed by atoms with Crippen LogP contribution in [0.1, 0.15) is 0 Å². The van der Waals surface area contributed by atoms with Gasteiger partial charge in [-0.3, -0.25) is 0 Å². The molecule has 0 atom stereocenters. The standard InChI is InChI=1S/C9H7N3O.Na.H/c13-8-3-1-7(2-4-8)9-11-5-10-6-12-9;;/h1-6,13H;;. The monoisotopic (exact) mass is 197 g/mol. The summed E-state index contributed by atoms with van der Waals surface area (Å²) in [5, 5.41) is 9.05. The molecule has 5 heteroatoms. The van der Waals surface area contributed by atoms with Gasteiger partial charge in [0.1, 0.15) is 18.4 Å². The van der Waals surface area contributed by atoms with Gasteiger partial charge in [-0.05, 0) is 24.3 Å². The van der Waals surface area contributed by atoms with Crippen molar-refractivity contribution in [3.8, 4) is 17.1 Å². The average molecular weight is 197 g/mol. The molecule has 0 saturated heterocycles. The SMILES string of the molecule is Oc1ccc(-c2ncncn2)cc1.[NaH]. The number of rotatable bonds is 1. The fourth-order valence-electron chi connectivity index (χ4n) is 0.999. The van der Waals surface area contributed by atoms with E-state index in [1.807, 2.05) is 0 Å². The average Bonchev–Trinajstić information content (AvgIpc) is 2.20. The van der Waals surface area contributed by atoms with Gasteiger partial charge in [-0.1, -0.05) is 0 Å². The Labute approximate surface area is 103 Å². The van der Waals surface area contributed by atoms with Crippen LogP contribution in [0.4, 0.5) is 0 Å². The van der Waals surface area contributed by atoms with Crippen LogP contribution >= 0.6 is 0 Å². The number of phenols is 1. The Hall–Kier alpha value is -0.970. The van der Waals surface area contributed by atoms with Crippen LogP contribution in [0.15, 0.2) is 36.9 Å². The molecule has 0 unspecified atom stereocenters. The van der Waals surface area contributed by atoms with Crippen molar-refractivity contribution >= 4 is 29.6 Å². The van der Waals surface area contributed by atoms with Crippen LogP contribution in [0.5, 0.6) is 5.75 Å². The van der Waals surface area contributed by atoms with E-state index in [4.69, 9.17) is 5.11 Å². The summed E-state index contributed by atoms with van der Waals surface area (Å²) in [6.07, 6.45) is 2.88. The minimum absolute atomic E-state index is 0. The van der Waals surface area contributed by atoms with Crippen molar-refractivity contribution in [1.82, 2.24) is 15.0 Å². The molecule has 0 fully saturated rings. The molecular weight excluding hydrogens is 189 g/mol. The van der Waals surface area contributed by atoms with Gasteiger partial charge in [-0.25, -0.2) is 15.0 Å². The number of benzene rings is 1. The number of hydrogen-bond acceptors (Lipinski definition) is 4. The van der Waals surface area contributed by atoms with E-state index in [0.717, 1.165) is 5.56 Å². The topological polar surface area (TPSA) is 58.9 Å². The van der Waals surface area contributed by atoms with Crippen molar-refractivity contribution < 1.29 is 5.11 Å². The summed E-state index contributed by atoms with van der Waals surface area (Å²) in [5.41, 5.74) is 0.861. The molecule has 1 N–H and O–H groups in total. The zero-order chi connectivity index (χ0) is 9.10. The first kappa shape index (κ1) is 11.1. The van der Waals surface area contributed by atoms with E-state index in [1.54, 1.807) is 24.3 Å². The van der Waals surface area contributed by atoms with Gasteiger partial charge in [-0.2, -0.15) is 0 Å². The zero-order valence-corrected chi connectivity index (χ0v) is 6.75. The summed E-state index contributed by atoms with van der Waals surface area (Å²) in [4.78, 5) is 11.7. The molecule has 0 radical (unpaired) electrons. The quantitative estimate of drug-likeness (QED) is 0.680. The molecule has 0 aliphatic heterocycles. The van der Waals surface area contributed by atoms with Gasteiger partial charge in [0.25, 0.3) is 0 Å². The second-order valence-electron chi connectivity index (χ2n) is 2.51. The van der Waals surface area contributed by atoms with Crippen LogP contribution < -0.4 is 0 Å². The van der Waals surface area contributed by atoms with E-state index in [9.17, 15) is 0 Å². The summed E-state index contributed by atoms with van der Waals surface area (Å²) in [6, 6.07) is 6.70. The number of phenolic OH excluding ortho intramolecular Hbond substituents is 1. The normalized spacial score (nSPS) is 9.14. The van der Waals surface area contributed by atoms with Gasteiger partial charge >= 0.3 is 29.6 Å². The van der Waals surface area contributed by atoms with Gasteiger partial charge in [0.05, 0.1) is 0 Å². The van der Waals surface area contributed by atoms with Crippen LogP contribution in [-0.4, -0.2) is 49.6 Å². The maximum absolute atomic E-state index is 9.05. The Balaban J connectivity index is 0.000000980. The molecule has 14 heavy (non-hydrogen) atoms. The van der Waals surface area contributed by atoms with Crippen molar-refractivity contribution in [1.29, 1.82) is 0 Å². The second-order valence-corrected chi connectivity index (χ2v) is 2.51. The molecule has 0 amide bonds. The molecule has 0 spiro atoms. The van der Waals surface area contributed by atoms with Crippen LogP contribution in [0.2, 0.25) is 0 Å². The van der Waals surface area contributed by atoms with E-state index < -0.39 is 0 Å². The van der Waals surface area contributed by atoms with Crippen LogP contribution in [0.25, 0.3) is 11.4 Å². The Morgan fingerprint density at radius 2 is 1.50 bits per heavy atom. The third-order valence-electron chi connectivity index (χ3n) is 1.62.